The lowest BCUT2D eigenvalue weighted by atomic mass is 10.0. The summed E-state index contributed by atoms with van der Waals surface area (Å²) in [4.78, 5) is 20.9. The van der Waals surface area contributed by atoms with Gasteiger partial charge in [0.1, 0.15) is 6.04 Å². The van der Waals surface area contributed by atoms with Crippen LogP contribution in [0, 0.1) is 5.92 Å². The fourth-order valence-corrected chi connectivity index (χ4v) is 3.04. The maximum atomic E-state index is 13.1. The number of hydrogen-bond donors (Lipinski definition) is 0. The van der Waals surface area contributed by atoms with E-state index in [0.29, 0.717) is 29.1 Å². The zero-order valence-electron chi connectivity index (χ0n) is 16.4. The van der Waals surface area contributed by atoms with Crippen molar-refractivity contribution >= 4 is 5.91 Å². The Hall–Kier alpha value is -2.61. The van der Waals surface area contributed by atoms with Gasteiger partial charge in [-0.25, -0.2) is 0 Å². The Bertz CT molecular complexity index is 803. The molecule has 27 heavy (non-hydrogen) atoms. The van der Waals surface area contributed by atoms with Crippen LogP contribution < -0.4 is 9.47 Å². The Kier molecular flexibility index (Phi) is 5.65. The van der Waals surface area contributed by atoms with Gasteiger partial charge in [-0.1, -0.05) is 25.1 Å². The fourth-order valence-electron chi connectivity index (χ4n) is 3.04. The van der Waals surface area contributed by atoms with Crippen LogP contribution >= 0.6 is 0 Å². The van der Waals surface area contributed by atoms with Gasteiger partial charge >= 0.3 is 0 Å². The third-order valence-electron chi connectivity index (χ3n) is 4.31. The van der Waals surface area contributed by atoms with Crippen molar-refractivity contribution in [2.75, 3.05) is 27.9 Å². The van der Waals surface area contributed by atoms with Crippen LogP contribution in [-0.4, -0.2) is 53.8 Å². The van der Waals surface area contributed by atoms with Gasteiger partial charge in [0.05, 0.1) is 6.54 Å². The van der Waals surface area contributed by atoms with Crippen molar-refractivity contribution < 1.29 is 18.8 Å². The molecule has 0 spiro atoms. The predicted molar refractivity (Wildman–Crippen MR) is 98.3 cm³/mol. The van der Waals surface area contributed by atoms with Crippen LogP contribution in [0.3, 0.4) is 0 Å². The van der Waals surface area contributed by atoms with E-state index in [9.17, 15) is 4.79 Å². The molecule has 0 saturated heterocycles. The second-order valence-electron chi connectivity index (χ2n) is 7.38. The summed E-state index contributed by atoms with van der Waals surface area (Å²) in [6.07, 6.45) is 0.749. The summed E-state index contributed by atoms with van der Waals surface area (Å²) >= 11 is 0. The zero-order valence-corrected chi connectivity index (χ0v) is 16.4. The fraction of sp³-hybridized carbons (Fsp3) is 0.526. The van der Waals surface area contributed by atoms with Gasteiger partial charge in [0, 0.05) is 13.5 Å². The molecular formula is C19H26N4O4. The number of amides is 1. The molecule has 8 heteroatoms. The molecule has 3 rings (SSSR count). The number of benzene rings is 1. The van der Waals surface area contributed by atoms with Crippen molar-refractivity contribution in [3.05, 3.63) is 35.5 Å². The normalized spacial score (nSPS) is 14.0. The summed E-state index contributed by atoms with van der Waals surface area (Å²) in [6.45, 7) is 4.66. The predicted octanol–water partition coefficient (Wildman–Crippen LogP) is 2.26. The molecule has 0 fully saturated rings. The quantitative estimate of drug-likeness (QED) is 0.735. The number of nitrogens with zero attached hydrogens (tertiary/aromatic N) is 4. The SMILES string of the molecule is CC(C)Cc1noc(CN(C)C(=O)C(c2ccc3c(c2)OCO3)N(C)C)n1. The molecule has 1 amide bonds. The molecule has 1 aromatic carbocycles. The molecule has 0 N–H and O–H groups in total. The molecule has 2 heterocycles. The van der Waals surface area contributed by atoms with Crippen LogP contribution in [0.2, 0.25) is 0 Å². The standard InChI is InChI=1S/C19H26N4O4/c1-12(2)8-16-20-17(27-21-16)10-23(5)19(24)18(22(3)4)13-6-7-14-15(9-13)26-11-25-14/h6-7,9,12,18H,8,10-11H2,1-5H3. The molecular weight excluding hydrogens is 348 g/mol. The molecule has 0 radical (unpaired) electrons. The second kappa shape index (κ2) is 7.96. The summed E-state index contributed by atoms with van der Waals surface area (Å²) in [5, 5.41) is 3.98. The third-order valence-corrected chi connectivity index (χ3v) is 4.31. The lowest BCUT2D eigenvalue weighted by Crippen LogP contribution is -2.38. The topological polar surface area (TPSA) is 80.9 Å². The smallest absolute Gasteiger partial charge is 0.246 e. The number of rotatable bonds is 7. The van der Waals surface area contributed by atoms with Gasteiger partial charge in [-0.05, 0) is 37.7 Å². The highest BCUT2D eigenvalue weighted by Gasteiger charge is 2.28. The van der Waals surface area contributed by atoms with Crippen LogP contribution in [0.25, 0.3) is 0 Å². The van der Waals surface area contributed by atoms with E-state index < -0.39 is 6.04 Å². The first-order chi connectivity index (χ1) is 12.8. The van der Waals surface area contributed by atoms with Gasteiger partial charge in [-0.15, -0.1) is 0 Å². The molecule has 0 aliphatic carbocycles. The van der Waals surface area contributed by atoms with E-state index >= 15 is 0 Å². The van der Waals surface area contributed by atoms with Crippen molar-refractivity contribution in [1.29, 1.82) is 0 Å². The van der Waals surface area contributed by atoms with Gasteiger partial charge in [0.25, 0.3) is 0 Å². The van der Waals surface area contributed by atoms with Crippen LogP contribution in [0.1, 0.15) is 37.2 Å². The summed E-state index contributed by atoms with van der Waals surface area (Å²) in [5.74, 6) is 2.83. The number of fused-ring (bicyclic) bond motifs is 1. The lowest BCUT2D eigenvalue weighted by Gasteiger charge is -2.28. The molecule has 146 valence electrons. The lowest BCUT2D eigenvalue weighted by molar-refractivity contribution is -0.135. The van der Waals surface area contributed by atoms with Crippen molar-refractivity contribution in [1.82, 2.24) is 19.9 Å². The number of ether oxygens (including phenoxy) is 2. The maximum absolute atomic E-state index is 13.1. The molecule has 0 bridgehead atoms. The van der Waals surface area contributed by atoms with Crippen LogP contribution in [0.15, 0.2) is 22.7 Å². The van der Waals surface area contributed by atoms with Gasteiger partial charge in [0.2, 0.25) is 18.6 Å². The third kappa shape index (κ3) is 4.39. The molecule has 1 atom stereocenters. The van der Waals surface area contributed by atoms with E-state index in [-0.39, 0.29) is 19.2 Å². The molecule has 1 aliphatic rings. The molecule has 1 aliphatic heterocycles. The first kappa shape index (κ1) is 19.2. The van der Waals surface area contributed by atoms with Gasteiger partial charge in [-0.3, -0.25) is 9.69 Å². The van der Waals surface area contributed by atoms with E-state index in [4.69, 9.17) is 14.0 Å². The number of aromatic nitrogens is 2. The van der Waals surface area contributed by atoms with Crippen molar-refractivity contribution in [2.24, 2.45) is 5.92 Å². The number of likely N-dealkylation sites (N-methyl/N-ethyl adjacent to an activating group) is 2. The molecule has 0 saturated carbocycles. The Labute approximate surface area is 159 Å². The van der Waals surface area contributed by atoms with E-state index in [1.807, 2.05) is 37.2 Å². The second-order valence-corrected chi connectivity index (χ2v) is 7.38. The Morgan fingerprint density at radius 1 is 1.19 bits per heavy atom. The van der Waals surface area contributed by atoms with Crippen LogP contribution in [-0.2, 0) is 17.8 Å². The Balaban J connectivity index is 1.73. The summed E-state index contributed by atoms with van der Waals surface area (Å²) in [5.41, 5.74) is 0.840. The number of carbonyl (C=O) groups is 1. The average Bonchev–Trinajstić information content (AvgIpc) is 3.22. The molecule has 1 aromatic heterocycles. The Morgan fingerprint density at radius 2 is 1.93 bits per heavy atom. The van der Waals surface area contributed by atoms with Crippen molar-refractivity contribution in [3.8, 4) is 11.5 Å². The van der Waals surface area contributed by atoms with Gasteiger partial charge < -0.3 is 18.9 Å². The van der Waals surface area contributed by atoms with Crippen LogP contribution in [0.5, 0.6) is 11.5 Å². The molecule has 1 unspecified atom stereocenters. The van der Waals surface area contributed by atoms with E-state index in [1.54, 1.807) is 11.9 Å². The highest BCUT2D eigenvalue weighted by molar-refractivity contribution is 5.83. The Morgan fingerprint density at radius 3 is 2.63 bits per heavy atom. The van der Waals surface area contributed by atoms with E-state index in [0.717, 1.165) is 12.0 Å². The minimum Gasteiger partial charge on any atom is -0.454 e. The monoisotopic (exact) mass is 374 g/mol. The van der Waals surface area contributed by atoms with Gasteiger partial charge in [-0.2, -0.15) is 4.98 Å². The maximum Gasteiger partial charge on any atom is 0.246 e. The van der Waals surface area contributed by atoms with Crippen LogP contribution in [0.4, 0.5) is 0 Å². The van der Waals surface area contributed by atoms with E-state index in [1.165, 1.54) is 0 Å². The molecule has 8 nitrogen and oxygen atoms in total. The summed E-state index contributed by atoms with van der Waals surface area (Å²) in [6, 6.07) is 5.11. The zero-order chi connectivity index (χ0) is 19.6. The van der Waals surface area contributed by atoms with Crippen molar-refractivity contribution in [3.63, 3.8) is 0 Å². The first-order valence-corrected chi connectivity index (χ1v) is 8.97. The summed E-state index contributed by atoms with van der Waals surface area (Å²) in [7, 11) is 5.47. The van der Waals surface area contributed by atoms with Crippen molar-refractivity contribution in [2.45, 2.75) is 32.9 Å². The minimum atomic E-state index is -0.456. The highest BCUT2D eigenvalue weighted by Crippen LogP contribution is 2.35. The van der Waals surface area contributed by atoms with E-state index in [2.05, 4.69) is 24.0 Å². The average molecular weight is 374 g/mol. The first-order valence-electron chi connectivity index (χ1n) is 8.97. The summed E-state index contributed by atoms with van der Waals surface area (Å²) < 4.78 is 16.1. The minimum absolute atomic E-state index is 0.0672. The van der Waals surface area contributed by atoms with Gasteiger partial charge in [0.15, 0.2) is 17.3 Å². The highest BCUT2D eigenvalue weighted by atomic mass is 16.7. The largest absolute Gasteiger partial charge is 0.454 e. The number of hydrogen-bond acceptors (Lipinski definition) is 7. The molecule has 2 aromatic rings. The number of carbonyl (C=O) groups excluding carboxylic acids is 1.